The van der Waals surface area contributed by atoms with Gasteiger partial charge in [0.15, 0.2) is 0 Å². The first-order chi connectivity index (χ1) is 11.1. The summed E-state index contributed by atoms with van der Waals surface area (Å²) in [4.78, 5) is 3.71. The molecule has 4 heteroatoms. The lowest BCUT2D eigenvalue weighted by molar-refractivity contribution is 0.119. The van der Waals surface area contributed by atoms with E-state index in [1.165, 1.54) is 49.0 Å². The van der Waals surface area contributed by atoms with E-state index in [9.17, 15) is 4.21 Å². The second kappa shape index (κ2) is 7.45. The Kier molecular flexibility index (Phi) is 5.55. The maximum Gasteiger partial charge on any atom is 0.128 e. The fraction of sp³-hybridized carbons (Fsp3) is 0.684. The molecule has 2 saturated heterocycles. The van der Waals surface area contributed by atoms with Crippen molar-refractivity contribution in [1.29, 1.82) is 0 Å². The van der Waals surface area contributed by atoms with Gasteiger partial charge in [-0.3, -0.25) is 0 Å². The van der Waals surface area contributed by atoms with Gasteiger partial charge in [0.2, 0.25) is 0 Å². The fourth-order valence-electron chi connectivity index (χ4n) is 4.23. The number of benzene rings is 1. The molecule has 128 valence electrons. The smallest absolute Gasteiger partial charge is 0.128 e. The molecule has 0 aromatic heterocycles. The zero-order valence-electron chi connectivity index (χ0n) is 14.8. The van der Waals surface area contributed by atoms with Crippen LogP contribution in [0.2, 0.25) is 0 Å². The number of rotatable bonds is 3. The van der Waals surface area contributed by atoms with Gasteiger partial charge in [0, 0.05) is 19.1 Å². The van der Waals surface area contributed by atoms with Crippen LogP contribution in [0.1, 0.15) is 48.8 Å². The first-order valence-electron chi connectivity index (χ1n) is 9.05. The molecule has 0 radical (unpaired) electrons. The predicted molar refractivity (Wildman–Crippen MR) is 97.1 cm³/mol. The highest BCUT2D eigenvalue weighted by atomic mass is 32.2. The molecule has 0 spiro atoms. The number of hydrogen-bond acceptors (Lipinski definition) is 2. The van der Waals surface area contributed by atoms with Crippen molar-refractivity contribution in [3.05, 3.63) is 28.8 Å². The van der Waals surface area contributed by atoms with Gasteiger partial charge in [-0.05, 0) is 70.7 Å². The van der Waals surface area contributed by atoms with E-state index >= 15 is 0 Å². The number of likely N-dealkylation sites (tertiary alicyclic amines) is 1. The van der Waals surface area contributed by atoms with Crippen LogP contribution in [-0.4, -0.2) is 45.6 Å². The molecule has 1 unspecified atom stereocenters. The molecule has 0 aliphatic carbocycles. The highest BCUT2D eigenvalue weighted by Gasteiger charge is 2.29. The first kappa shape index (κ1) is 17.1. The third-order valence-corrected chi connectivity index (χ3v) is 7.17. The number of piperidine rings is 2. The van der Waals surface area contributed by atoms with Crippen LogP contribution in [0, 0.1) is 20.8 Å². The maximum absolute atomic E-state index is 13.1. The average Bonchev–Trinajstić information content (AvgIpc) is 2.55. The van der Waals surface area contributed by atoms with Crippen LogP contribution >= 0.6 is 0 Å². The number of hydrogen-bond donors (Lipinski definition) is 0. The van der Waals surface area contributed by atoms with Crippen molar-refractivity contribution in [2.45, 2.75) is 63.8 Å². The molecular formula is C19H30N2OS. The van der Waals surface area contributed by atoms with Crippen LogP contribution in [0.15, 0.2) is 17.0 Å². The Morgan fingerprint density at radius 1 is 0.913 bits per heavy atom. The van der Waals surface area contributed by atoms with Crippen molar-refractivity contribution >= 4 is 11.0 Å². The molecule has 2 fully saturated rings. The summed E-state index contributed by atoms with van der Waals surface area (Å²) in [5.74, 6) is 0. The molecular weight excluding hydrogens is 304 g/mol. The van der Waals surface area contributed by atoms with Crippen molar-refractivity contribution in [2.24, 2.45) is 0 Å². The van der Waals surface area contributed by atoms with Gasteiger partial charge in [0.05, 0.1) is 4.90 Å². The van der Waals surface area contributed by atoms with Gasteiger partial charge in [0.1, 0.15) is 11.0 Å². The maximum atomic E-state index is 13.1. The summed E-state index contributed by atoms with van der Waals surface area (Å²) >= 11 is 0. The molecule has 2 heterocycles. The summed E-state index contributed by atoms with van der Waals surface area (Å²) in [6.45, 7) is 10.7. The summed E-state index contributed by atoms with van der Waals surface area (Å²) in [6.07, 6.45) is 6.43. The van der Waals surface area contributed by atoms with Crippen molar-refractivity contribution in [1.82, 2.24) is 9.21 Å². The third kappa shape index (κ3) is 3.86. The summed E-state index contributed by atoms with van der Waals surface area (Å²) < 4.78 is 15.2. The molecule has 0 saturated carbocycles. The Hall–Kier alpha value is -0.710. The zero-order valence-corrected chi connectivity index (χ0v) is 15.6. The van der Waals surface area contributed by atoms with Crippen LogP contribution in [0.4, 0.5) is 0 Å². The van der Waals surface area contributed by atoms with E-state index in [0.29, 0.717) is 6.04 Å². The average molecular weight is 335 g/mol. The Morgan fingerprint density at radius 2 is 1.48 bits per heavy atom. The van der Waals surface area contributed by atoms with Crippen LogP contribution in [0.3, 0.4) is 0 Å². The van der Waals surface area contributed by atoms with Gasteiger partial charge in [-0.1, -0.05) is 24.1 Å². The number of aryl methyl sites for hydroxylation is 3. The largest absolute Gasteiger partial charge is 0.300 e. The quantitative estimate of drug-likeness (QED) is 0.843. The minimum absolute atomic E-state index is 0.712. The van der Waals surface area contributed by atoms with E-state index in [1.807, 2.05) is 0 Å². The van der Waals surface area contributed by atoms with Crippen molar-refractivity contribution < 1.29 is 4.21 Å². The highest BCUT2D eigenvalue weighted by Crippen LogP contribution is 2.26. The molecule has 1 aromatic carbocycles. The lowest BCUT2D eigenvalue weighted by Crippen LogP contribution is -2.47. The summed E-state index contributed by atoms with van der Waals surface area (Å²) in [7, 11) is -1.01. The van der Waals surface area contributed by atoms with Crippen molar-refractivity contribution in [2.75, 3.05) is 26.2 Å². The summed E-state index contributed by atoms with van der Waals surface area (Å²) in [5.41, 5.74) is 3.59. The Balaban J connectivity index is 1.64. The molecule has 1 aromatic rings. The molecule has 0 N–H and O–H groups in total. The monoisotopic (exact) mass is 334 g/mol. The van der Waals surface area contributed by atoms with Crippen molar-refractivity contribution in [3.8, 4) is 0 Å². The SMILES string of the molecule is Cc1cc(C)c(S(=O)N2CCC(N3CCCCC3)CC2)c(C)c1. The molecule has 3 nitrogen and oxygen atoms in total. The fourth-order valence-corrected chi connectivity index (χ4v) is 5.70. The summed E-state index contributed by atoms with van der Waals surface area (Å²) in [6, 6.07) is 5.02. The highest BCUT2D eigenvalue weighted by molar-refractivity contribution is 7.82. The zero-order chi connectivity index (χ0) is 16.4. The van der Waals surface area contributed by atoms with E-state index in [2.05, 4.69) is 42.1 Å². The van der Waals surface area contributed by atoms with Gasteiger partial charge >= 0.3 is 0 Å². The predicted octanol–water partition coefficient (Wildman–Crippen LogP) is 3.58. The second-order valence-electron chi connectivity index (χ2n) is 7.23. The third-order valence-electron chi connectivity index (χ3n) is 5.34. The molecule has 23 heavy (non-hydrogen) atoms. The van der Waals surface area contributed by atoms with Gasteiger partial charge in [-0.2, -0.15) is 0 Å². The van der Waals surface area contributed by atoms with Gasteiger partial charge in [-0.15, -0.1) is 0 Å². The second-order valence-corrected chi connectivity index (χ2v) is 8.66. The minimum atomic E-state index is -1.01. The van der Waals surface area contributed by atoms with Crippen molar-refractivity contribution in [3.63, 3.8) is 0 Å². The van der Waals surface area contributed by atoms with Gasteiger partial charge in [-0.25, -0.2) is 8.51 Å². The van der Waals surface area contributed by atoms with Crippen LogP contribution in [-0.2, 0) is 11.0 Å². The Morgan fingerprint density at radius 3 is 2.04 bits per heavy atom. The van der Waals surface area contributed by atoms with Crippen LogP contribution in [0.5, 0.6) is 0 Å². The normalized spacial score (nSPS) is 23.1. The molecule has 0 bridgehead atoms. The standard InChI is InChI=1S/C19H30N2OS/c1-15-13-16(2)19(17(3)14-15)23(22)21-11-7-18(8-12-21)20-9-5-4-6-10-20/h13-14,18H,4-12H2,1-3H3. The lowest BCUT2D eigenvalue weighted by Gasteiger charge is -2.39. The molecule has 3 rings (SSSR count). The van der Waals surface area contributed by atoms with E-state index < -0.39 is 11.0 Å². The molecule has 0 amide bonds. The van der Waals surface area contributed by atoms with Gasteiger partial charge < -0.3 is 4.90 Å². The van der Waals surface area contributed by atoms with E-state index in [0.717, 1.165) is 30.8 Å². The molecule has 2 aliphatic rings. The Bertz CT molecular complexity index is 550. The van der Waals surface area contributed by atoms with Gasteiger partial charge in [0.25, 0.3) is 0 Å². The summed E-state index contributed by atoms with van der Waals surface area (Å²) in [5, 5.41) is 0. The molecule has 2 aliphatic heterocycles. The minimum Gasteiger partial charge on any atom is -0.300 e. The van der Waals surface area contributed by atoms with Crippen LogP contribution in [0.25, 0.3) is 0 Å². The molecule has 1 atom stereocenters. The first-order valence-corrected chi connectivity index (χ1v) is 10.2. The number of nitrogens with zero attached hydrogens (tertiary/aromatic N) is 2. The topological polar surface area (TPSA) is 23.6 Å². The lowest BCUT2D eigenvalue weighted by atomic mass is 10.0. The van der Waals surface area contributed by atoms with E-state index in [1.54, 1.807) is 0 Å². The van der Waals surface area contributed by atoms with E-state index in [4.69, 9.17) is 0 Å². The Labute approximate surface area is 143 Å². The van der Waals surface area contributed by atoms with E-state index in [-0.39, 0.29) is 0 Å². The van der Waals surface area contributed by atoms with Crippen LogP contribution < -0.4 is 0 Å².